The van der Waals surface area contributed by atoms with Gasteiger partial charge in [0.15, 0.2) is 6.61 Å². The lowest BCUT2D eigenvalue weighted by atomic mass is 10.00. The molecule has 44 heavy (non-hydrogen) atoms. The molecule has 3 amide bonds. The Morgan fingerprint density at radius 2 is 1.86 bits per heavy atom. The van der Waals surface area contributed by atoms with Crippen LogP contribution in [0.4, 0.5) is 0 Å². The van der Waals surface area contributed by atoms with Crippen molar-refractivity contribution in [3.63, 3.8) is 0 Å². The van der Waals surface area contributed by atoms with Gasteiger partial charge in [-0.3, -0.25) is 14.4 Å². The number of aromatic amines is 1. The Morgan fingerprint density at radius 1 is 1.00 bits per heavy atom. The number of H-pyrrole nitrogens is 1. The van der Waals surface area contributed by atoms with E-state index in [0.717, 1.165) is 22.0 Å². The van der Waals surface area contributed by atoms with Crippen LogP contribution in [-0.4, -0.2) is 73.7 Å². The first-order valence-corrected chi connectivity index (χ1v) is 14.4. The van der Waals surface area contributed by atoms with Gasteiger partial charge in [0.05, 0.1) is 20.3 Å². The van der Waals surface area contributed by atoms with Gasteiger partial charge in [0.25, 0.3) is 17.7 Å². The van der Waals surface area contributed by atoms with Crippen molar-refractivity contribution < 1.29 is 33.3 Å². The second-order valence-corrected chi connectivity index (χ2v) is 10.9. The molecule has 3 aromatic carbocycles. The Balaban J connectivity index is 1.30. The Labute approximate surface area is 254 Å². The molecule has 0 aliphatic carbocycles. The van der Waals surface area contributed by atoms with Crippen LogP contribution < -0.4 is 29.6 Å². The zero-order valence-electron chi connectivity index (χ0n) is 24.8. The highest BCUT2D eigenvalue weighted by Gasteiger charge is 2.35. The van der Waals surface area contributed by atoms with E-state index in [1.54, 1.807) is 49.5 Å². The number of hydrogen-bond acceptors (Lipinski definition) is 7. The van der Waals surface area contributed by atoms with Crippen molar-refractivity contribution in [2.75, 3.05) is 33.9 Å². The molecule has 1 fully saturated rings. The van der Waals surface area contributed by atoms with E-state index >= 15 is 0 Å². The maximum Gasteiger partial charge on any atom is 0.270 e. The number of hydrogen-bond donors (Lipinski definition) is 3. The standard InChI is InChI=1S/C33H34N4O7/c1-19-4-5-20-14-29(19)43-18-31(38)34-16-21-6-7-24(15-30(21)42-3)44-28-10-11-37(17-27(28)36-32(20)39)33(40)26-13-22-12-23(41-2)8-9-25(22)35-26/h4-9,12-15,27-28,35H,10-11,16-18H2,1-3H3,(H,34,38)(H,36,39)/t27-,28+/m0/s1. The number of carbonyl (C=O) groups excluding carboxylic acids is 3. The lowest BCUT2D eigenvalue weighted by Crippen LogP contribution is -2.58. The third-order valence-electron chi connectivity index (χ3n) is 8.04. The number of fused-ring (bicyclic) bond motifs is 8. The van der Waals surface area contributed by atoms with E-state index in [1.165, 1.54) is 0 Å². The second-order valence-electron chi connectivity index (χ2n) is 10.9. The Hall–Kier alpha value is -5.19. The van der Waals surface area contributed by atoms with Crippen molar-refractivity contribution in [2.45, 2.75) is 32.0 Å². The van der Waals surface area contributed by atoms with Crippen LogP contribution in [0, 0.1) is 6.92 Å². The lowest BCUT2D eigenvalue weighted by Gasteiger charge is -2.38. The third-order valence-corrected chi connectivity index (χ3v) is 8.04. The van der Waals surface area contributed by atoms with E-state index in [0.29, 0.717) is 47.2 Å². The van der Waals surface area contributed by atoms with Crippen molar-refractivity contribution in [3.05, 3.63) is 83.0 Å². The molecule has 0 unspecified atom stereocenters. The number of ether oxygens (including phenoxy) is 4. The van der Waals surface area contributed by atoms with Crippen molar-refractivity contribution in [1.29, 1.82) is 0 Å². The van der Waals surface area contributed by atoms with Crippen LogP contribution in [0.2, 0.25) is 0 Å². The summed E-state index contributed by atoms with van der Waals surface area (Å²) in [7, 11) is 3.16. The van der Waals surface area contributed by atoms with Gasteiger partial charge in [-0.1, -0.05) is 6.07 Å². The summed E-state index contributed by atoms with van der Waals surface area (Å²) in [6.07, 6.45) is 0.0507. The average Bonchev–Trinajstić information content (AvgIpc) is 3.47. The molecular weight excluding hydrogens is 564 g/mol. The van der Waals surface area contributed by atoms with Crippen LogP contribution in [0.5, 0.6) is 23.0 Å². The number of carbonyl (C=O) groups is 3. The normalized spacial score (nSPS) is 18.8. The fraction of sp³-hybridized carbons (Fsp3) is 0.303. The van der Waals surface area contributed by atoms with Gasteiger partial charge in [-0.15, -0.1) is 0 Å². The number of amides is 3. The van der Waals surface area contributed by atoms with Gasteiger partial charge in [0.1, 0.15) is 34.8 Å². The first-order chi connectivity index (χ1) is 21.3. The number of likely N-dealkylation sites (tertiary alicyclic amines) is 1. The third kappa shape index (κ3) is 5.98. The van der Waals surface area contributed by atoms with Crippen LogP contribution in [0.25, 0.3) is 10.9 Å². The topological polar surface area (TPSA) is 131 Å². The summed E-state index contributed by atoms with van der Waals surface area (Å²) in [5, 5.41) is 6.81. The van der Waals surface area contributed by atoms with E-state index in [4.69, 9.17) is 18.9 Å². The highest BCUT2D eigenvalue weighted by molar-refractivity contribution is 5.98. The van der Waals surface area contributed by atoms with E-state index in [-0.39, 0.29) is 37.4 Å². The van der Waals surface area contributed by atoms with Crippen molar-refractivity contribution in [1.82, 2.24) is 20.5 Å². The molecule has 4 aromatic rings. The van der Waals surface area contributed by atoms with Gasteiger partial charge in [0.2, 0.25) is 0 Å². The summed E-state index contributed by atoms with van der Waals surface area (Å²) in [5.41, 5.74) is 3.21. The first-order valence-electron chi connectivity index (χ1n) is 14.4. The van der Waals surface area contributed by atoms with E-state index < -0.39 is 12.1 Å². The summed E-state index contributed by atoms with van der Waals surface area (Å²) < 4.78 is 23.1. The number of aromatic nitrogens is 1. The minimum absolute atomic E-state index is 0.175. The monoisotopic (exact) mass is 598 g/mol. The lowest BCUT2D eigenvalue weighted by molar-refractivity contribution is -0.123. The number of nitrogens with one attached hydrogen (secondary N) is 3. The quantitative estimate of drug-likeness (QED) is 0.329. The summed E-state index contributed by atoms with van der Waals surface area (Å²) in [5.74, 6) is 1.41. The van der Waals surface area contributed by atoms with Crippen LogP contribution >= 0.6 is 0 Å². The molecule has 11 nitrogen and oxygen atoms in total. The van der Waals surface area contributed by atoms with Crippen LogP contribution in [0.1, 0.15) is 38.4 Å². The number of rotatable bonds is 3. The number of piperidine rings is 1. The van der Waals surface area contributed by atoms with Gasteiger partial charge >= 0.3 is 0 Å². The summed E-state index contributed by atoms with van der Waals surface area (Å²) in [4.78, 5) is 44.7. The largest absolute Gasteiger partial charge is 0.497 e. The van der Waals surface area contributed by atoms with Crippen LogP contribution in [0.3, 0.4) is 0 Å². The molecule has 4 heterocycles. The fourth-order valence-corrected chi connectivity index (χ4v) is 5.57. The van der Waals surface area contributed by atoms with Gasteiger partial charge in [-0.25, -0.2) is 0 Å². The molecule has 7 rings (SSSR count). The van der Waals surface area contributed by atoms with Crippen molar-refractivity contribution in [3.8, 4) is 23.0 Å². The molecule has 1 saturated heterocycles. The number of aryl methyl sites for hydroxylation is 1. The maximum atomic E-state index is 13.7. The first kappa shape index (κ1) is 28.9. The molecular formula is C33H34N4O7. The predicted molar refractivity (Wildman–Crippen MR) is 163 cm³/mol. The Morgan fingerprint density at radius 3 is 2.68 bits per heavy atom. The van der Waals surface area contributed by atoms with E-state index in [9.17, 15) is 14.4 Å². The molecule has 11 heteroatoms. The van der Waals surface area contributed by atoms with Gasteiger partial charge in [-0.2, -0.15) is 0 Å². The SMILES string of the molecule is COc1ccc2[nH]c(C(=O)N3CC[C@H]4Oc5ccc(c(OC)c5)CNC(=O)COc5cc(ccc5C)C(=O)N[C@H]4C3)cc2c1. The predicted octanol–water partition coefficient (Wildman–Crippen LogP) is 3.59. The zero-order chi connectivity index (χ0) is 30.8. The summed E-state index contributed by atoms with van der Waals surface area (Å²) in [6.45, 7) is 2.54. The van der Waals surface area contributed by atoms with E-state index in [1.807, 2.05) is 37.3 Å². The zero-order valence-corrected chi connectivity index (χ0v) is 24.8. The molecule has 3 aliphatic heterocycles. The van der Waals surface area contributed by atoms with Crippen LogP contribution in [-0.2, 0) is 11.3 Å². The summed E-state index contributed by atoms with van der Waals surface area (Å²) in [6, 6.07) is 17.4. The second kappa shape index (κ2) is 12.2. The maximum absolute atomic E-state index is 13.7. The molecule has 0 spiro atoms. The minimum Gasteiger partial charge on any atom is -0.497 e. The molecule has 4 bridgehead atoms. The molecule has 228 valence electrons. The molecule has 0 saturated carbocycles. The molecule has 3 aliphatic rings. The highest BCUT2D eigenvalue weighted by atomic mass is 16.5. The minimum atomic E-state index is -0.528. The smallest absolute Gasteiger partial charge is 0.270 e. The average molecular weight is 599 g/mol. The molecule has 2 atom stereocenters. The van der Waals surface area contributed by atoms with Crippen molar-refractivity contribution >= 4 is 28.6 Å². The van der Waals surface area contributed by atoms with Crippen molar-refractivity contribution in [2.24, 2.45) is 0 Å². The molecule has 0 radical (unpaired) electrons. The molecule has 3 N–H and O–H groups in total. The van der Waals surface area contributed by atoms with Gasteiger partial charge in [0, 0.05) is 54.2 Å². The van der Waals surface area contributed by atoms with Gasteiger partial charge in [-0.05, 0) is 61.0 Å². The number of nitrogens with zero attached hydrogens (tertiary/aromatic N) is 1. The summed E-state index contributed by atoms with van der Waals surface area (Å²) >= 11 is 0. The Kier molecular flexibility index (Phi) is 8.01. The highest BCUT2D eigenvalue weighted by Crippen LogP contribution is 2.29. The molecule has 1 aromatic heterocycles. The van der Waals surface area contributed by atoms with Gasteiger partial charge < -0.3 is 39.5 Å². The fourth-order valence-electron chi connectivity index (χ4n) is 5.57. The number of methoxy groups -OCH3 is 2. The number of benzene rings is 3. The van der Waals surface area contributed by atoms with E-state index in [2.05, 4.69) is 15.6 Å². The Bertz CT molecular complexity index is 1730. The van der Waals surface area contributed by atoms with Crippen LogP contribution in [0.15, 0.2) is 60.7 Å².